The second kappa shape index (κ2) is 4.76. The van der Waals surface area contributed by atoms with Crippen molar-refractivity contribution in [2.45, 2.75) is 13.1 Å². The van der Waals surface area contributed by atoms with Crippen LogP contribution in [0.25, 0.3) is 22.7 Å². The summed E-state index contributed by atoms with van der Waals surface area (Å²) in [6.45, 7) is 1.88. The molecular weight excluding hydrogens is 283 g/mol. The van der Waals surface area contributed by atoms with Gasteiger partial charge in [-0.05, 0) is 36.8 Å². The predicted molar refractivity (Wildman–Crippen MR) is 69.3 cm³/mol. The number of nitrogens with one attached hydrogen (secondary N) is 1. The van der Waals surface area contributed by atoms with E-state index in [1.165, 1.54) is 6.20 Å². The normalized spacial score (nSPS) is 11.8. The van der Waals surface area contributed by atoms with Crippen molar-refractivity contribution in [3.8, 4) is 22.7 Å². The van der Waals surface area contributed by atoms with Crippen molar-refractivity contribution < 1.29 is 17.6 Å². The van der Waals surface area contributed by atoms with E-state index in [0.717, 1.165) is 17.2 Å². The summed E-state index contributed by atoms with van der Waals surface area (Å²) in [5, 5.41) is 5.63. The van der Waals surface area contributed by atoms with E-state index in [-0.39, 0.29) is 5.69 Å². The molecule has 3 aromatic heterocycles. The number of hydrogen-bond donors (Lipinski definition) is 1. The van der Waals surface area contributed by atoms with Gasteiger partial charge in [0.1, 0.15) is 17.1 Å². The van der Waals surface area contributed by atoms with Crippen LogP contribution in [0.4, 0.5) is 13.2 Å². The third-order valence-corrected chi connectivity index (χ3v) is 3.03. The molecule has 3 rings (SSSR count). The molecule has 1 N–H and O–H groups in total. The highest BCUT2D eigenvalue weighted by molar-refractivity contribution is 5.67. The summed E-state index contributed by atoms with van der Waals surface area (Å²) < 4.78 is 43.1. The molecule has 21 heavy (non-hydrogen) atoms. The van der Waals surface area contributed by atoms with Gasteiger partial charge in [-0.3, -0.25) is 10.1 Å². The van der Waals surface area contributed by atoms with Crippen molar-refractivity contribution >= 4 is 0 Å². The van der Waals surface area contributed by atoms with Crippen LogP contribution in [0.5, 0.6) is 0 Å². The summed E-state index contributed by atoms with van der Waals surface area (Å²) in [5.41, 5.74) is 1.24. The molecule has 0 saturated carbocycles. The molecule has 7 heteroatoms. The van der Waals surface area contributed by atoms with Crippen molar-refractivity contribution in [1.29, 1.82) is 0 Å². The largest absolute Gasteiger partial charge is 0.464 e. The van der Waals surface area contributed by atoms with E-state index >= 15 is 0 Å². The highest BCUT2D eigenvalue weighted by atomic mass is 19.4. The number of aromatic amines is 1. The van der Waals surface area contributed by atoms with Crippen molar-refractivity contribution in [1.82, 2.24) is 15.2 Å². The first-order chi connectivity index (χ1) is 9.95. The molecule has 0 unspecified atom stereocenters. The Morgan fingerprint density at radius 2 is 1.95 bits per heavy atom. The van der Waals surface area contributed by atoms with Crippen molar-refractivity contribution in [3.63, 3.8) is 0 Å². The van der Waals surface area contributed by atoms with Gasteiger partial charge in [-0.1, -0.05) is 0 Å². The van der Waals surface area contributed by atoms with Gasteiger partial charge in [-0.25, -0.2) is 0 Å². The second-order valence-electron chi connectivity index (χ2n) is 4.53. The Morgan fingerprint density at radius 1 is 1.14 bits per heavy atom. The van der Waals surface area contributed by atoms with E-state index in [1.54, 1.807) is 18.4 Å². The molecule has 0 fully saturated rings. The smallest absolute Gasteiger partial charge is 0.432 e. The number of H-pyrrole nitrogens is 1. The Balaban J connectivity index is 2.01. The van der Waals surface area contributed by atoms with Gasteiger partial charge in [-0.15, -0.1) is 0 Å². The number of pyridine rings is 1. The summed E-state index contributed by atoms with van der Waals surface area (Å²) in [5.74, 6) is 0.658. The van der Waals surface area contributed by atoms with Gasteiger partial charge in [0.2, 0.25) is 0 Å². The lowest BCUT2D eigenvalue weighted by Crippen LogP contribution is -2.04. The van der Waals surface area contributed by atoms with Crippen LogP contribution in [-0.2, 0) is 6.18 Å². The molecule has 0 aliphatic rings. The van der Waals surface area contributed by atoms with Gasteiger partial charge in [0.05, 0.1) is 12.0 Å². The molecule has 4 nitrogen and oxygen atoms in total. The first kappa shape index (κ1) is 13.4. The van der Waals surface area contributed by atoms with E-state index < -0.39 is 11.9 Å². The quantitative estimate of drug-likeness (QED) is 0.775. The molecule has 3 heterocycles. The number of rotatable bonds is 2. The Morgan fingerprint density at radius 3 is 2.57 bits per heavy atom. The zero-order chi connectivity index (χ0) is 15.0. The zero-order valence-corrected chi connectivity index (χ0v) is 10.9. The molecule has 0 radical (unpaired) electrons. The Hall–Kier alpha value is -2.57. The number of halogens is 3. The molecule has 0 aliphatic carbocycles. The number of alkyl halides is 3. The van der Waals surface area contributed by atoms with Gasteiger partial charge in [0.15, 0.2) is 0 Å². The summed E-state index contributed by atoms with van der Waals surface area (Å²) >= 11 is 0. The van der Waals surface area contributed by atoms with Crippen molar-refractivity contribution in [2.24, 2.45) is 0 Å². The topological polar surface area (TPSA) is 54.7 Å². The molecule has 0 amide bonds. The fourth-order valence-corrected chi connectivity index (χ4v) is 1.98. The fourth-order valence-electron chi connectivity index (χ4n) is 1.98. The van der Waals surface area contributed by atoms with Crippen LogP contribution in [0.1, 0.15) is 11.3 Å². The summed E-state index contributed by atoms with van der Waals surface area (Å²) in [4.78, 5) is 4.05. The summed E-state index contributed by atoms with van der Waals surface area (Å²) in [7, 11) is 0. The van der Waals surface area contributed by atoms with E-state index in [9.17, 15) is 13.2 Å². The van der Waals surface area contributed by atoms with Crippen LogP contribution in [-0.4, -0.2) is 15.2 Å². The lowest BCUT2D eigenvalue weighted by molar-refractivity contribution is -0.141. The van der Waals surface area contributed by atoms with Crippen LogP contribution >= 0.6 is 0 Å². The number of aryl methyl sites for hydroxylation is 1. The third-order valence-electron chi connectivity index (χ3n) is 3.03. The minimum Gasteiger partial charge on any atom is -0.464 e. The van der Waals surface area contributed by atoms with Gasteiger partial charge < -0.3 is 4.42 Å². The van der Waals surface area contributed by atoms with E-state index in [1.807, 2.05) is 18.1 Å². The van der Waals surface area contributed by atoms with Crippen LogP contribution in [0.2, 0.25) is 0 Å². The predicted octanol–water partition coefficient (Wildman–Crippen LogP) is 4.06. The average Bonchev–Trinajstić information content (AvgIpc) is 3.06. The second-order valence-corrected chi connectivity index (χ2v) is 4.53. The van der Waals surface area contributed by atoms with Crippen LogP contribution in [0, 0.1) is 6.92 Å². The monoisotopic (exact) mass is 293 g/mol. The van der Waals surface area contributed by atoms with E-state index in [2.05, 4.69) is 10.1 Å². The Bertz CT molecular complexity index is 774. The van der Waals surface area contributed by atoms with Crippen molar-refractivity contribution in [2.75, 3.05) is 0 Å². The Kier molecular flexibility index (Phi) is 3.04. The molecule has 0 aliphatic heterocycles. The van der Waals surface area contributed by atoms with Gasteiger partial charge in [0, 0.05) is 11.8 Å². The van der Waals surface area contributed by atoms with Crippen LogP contribution < -0.4 is 0 Å². The highest BCUT2D eigenvalue weighted by Crippen LogP contribution is 2.31. The minimum atomic E-state index is -4.46. The number of furan rings is 1. The molecule has 0 saturated heterocycles. The summed E-state index contributed by atoms with van der Waals surface area (Å²) in [6.07, 6.45) is -1.39. The number of hydrogen-bond acceptors (Lipinski definition) is 3. The Labute approximate surface area is 117 Å². The van der Waals surface area contributed by atoms with Crippen LogP contribution in [0.3, 0.4) is 0 Å². The minimum absolute atomic E-state index is 0.133. The maximum atomic E-state index is 12.6. The van der Waals surface area contributed by atoms with Crippen LogP contribution in [0.15, 0.2) is 41.1 Å². The molecule has 0 aromatic carbocycles. The lowest BCUT2D eigenvalue weighted by atomic mass is 10.1. The fraction of sp³-hybridized carbons (Fsp3) is 0.143. The molecule has 0 bridgehead atoms. The molecule has 3 aromatic rings. The van der Waals surface area contributed by atoms with Gasteiger partial charge in [-0.2, -0.15) is 18.3 Å². The van der Waals surface area contributed by atoms with Gasteiger partial charge >= 0.3 is 6.18 Å². The third kappa shape index (κ3) is 2.54. The SMILES string of the molecule is Cc1ccoc1-c1ccnc(-c2cc(C(F)(F)F)[nH]n2)c1. The lowest BCUT2D eigenvalue weighted by Gasteiger charge is -2.01. The molecule has 0 atom stereocenters. The van der Waals surface area contributed by atoms with Gasteiger partial charge in [0.25, 0.3) is 0 Å². The van der Waals surface area contributed by atoms with E-state index in [0.29, 0.717) is 11.5 Å². The maximum Gasteiger partial charge on any atom is 0.432 e. The molecule has 0 spiro atoms. The summed E-state index contributed by atoms with van der Waals surface area (Å²) in [6, 6.07) is 6.11. The van der Waals surface area contributed by atoms with Crippen molar-refractivity contribution in [3.05, 3.63) is 48.0 Å². The maximum absolute atomic E-state index is 12.6. The first-order valence-electron chi connectivity index (χ1n) is 6.08. The first-order valence-corrected chi connectivity index (χ1v) is 6.08. The van der Waals surface area contributed by atoms with E-state index in [4.69, 9.17) is 4.42 Å². The zero-order valence-electron chi connectivity index (χ0n) is 10.9. The standard InChI is InChI=1S/C14H10F3N3O/c1-8-3-5-21-13(8)9-2-4-18-10(6-9)11-7-12(20-19-11)14(15,16)17/h2-7H,1H3,(H,19,20). The molecular formula is C14H10F3N3O. The average molecular weight is 293 g/mol. The molecule has 108 valence electrons. The number of nitrogens with zero attached hydrogens (tertiary/aromatic N) is 2. The number of aromatic nitrogens is 3. The highest BCUT2D eigenvalue weighted by Gasteiger charge is 2.33.